The van der Waals surface area contributed by atoms with E-state index < -0.39 is 0 Å². The van der Waals surface area contributed by atoms with Gasteiger partial charge in [0.25, 0.3) is 0 Å². The topological polar surface area (TPSA) is 44.7 Å². The van der Waals surface area contributed by atoms with Gasteiger partial charge in [0.15, 0.2) is 0 Å². The number of hydrogen-bond donors (Lipinski definition) is 2. The van der Waals surface area contributed by atoms with Gasteiger partial charge < -0.3 is 20.1 Å². The fraction of sp³-hybridized carbons (Fsp3) is 1.00. The lowest BCUT2D eigenvalue weighted by atomic mass is 10.1. The zero-order chi connectivity index (χ0) is 12.0. The highest BCUT2D eigenvalue weighted by molar-refractivity contribution is 4.81. The highest BCUT2D eigenvalue weighted by Crippen LogP contribution is 2.18. The van der Waals surface area contributed by atoms with Crippen molar-refractivity contribution in [2.24, 2.45) is 0 Å². The molecule has 1 fully saturated rings. The molecule has 0 amide bonds. The van der Waals surface area contributed by atoms with E-state index in [1.807, 2.05) is 0 Å². The minimum absolute atomic E-state index is 0.221. The van der Waals surface area contributed by atoms with Gasteiger partial charge in [0, 0.05) is 18.7 Å². The summed E-state index contributed by atoms with van der Waals surface area (Å²) in [5.74, 6) is 0. The number of nitrogens with one attached hydrogen (secondary N) is 1. The monoisotopic (exact) mass is 230 g/mol. The molecule has 1 rings (SSSR count). The van der Waals surface area contributed by atoms with Crippen LogP contribution in [-0.4, -0.2) is 61.5 Å². The Bertz CT molecular complexity index is 190. The van der Waals surface area contributed by atoms with Crippen molar-refractivity contribution in [2.45, 2.75) is 44.9 Å². The minimum Gasteiger partial charge on any atom is -0.395 e. The van der Waals surface area contributed by atoms with E-state index in [-0.39, 0.29) is 12.6 Å². The van der Waals surface area contributed by atoms with Crippen LogP contribution in [0.4, 0.5) is 0 Å². The van der Waals surface area contributed by atoms with Gasteiger partial charge in [-0.1, -0.05) is 6.92 Å². The number of aliphatic hydroxyl groups is 1. The van der Waals surface area contributed by atoms with Gasteiger partial charge in [-0.2, -0.15) is 0 Å². The van der Waals surface area contributed by atoms with Crippen LogP contribution in [0.5, 0.6) is 0 Å². The molecule has 1 heterocycles. The first kappa shape index (κ1) is 13.9. The van der Waals surface area contributed by atoms with Crippen LogP contribution in [-0.2, 0) is 4.74 Å². The smallest absolute Gasteiger partial charge is 0.0702 e. The third-order valence-corrected chi connectivity index (χ3v) is 3.45. The van der Waals surface area contributed by atoms with Crippen molar-refractivity contribution >= 4 is 0 Å². The molecule has 0 aromatic heterocycles. The van der Waals surface area contributed by atoms with Crippen molar-refractivity contribution in [1.29, 1.82) is 0 Å². The van der Waals surface area contributed by atoms with Crippen molar-refractivity contribution in [2.75, 3.05) is 33.4 Å². The van der Waals surface area contributed by atoms with Gasteiger partial charge in [-0.25, -0.2) is 0 Å². The molecule has 0 radical (unpaired) electrons. The summed E-state index contributed by atoms with van der Waals surface area (Å²) in [4.78, 5) is 2.36. The fourth-order valence-corrected chi connectivity index (χ4v) is 2.37. The maximum absolute atomic E-state index is 9.18. The summed E-state index contributed by atoms with van der Waals surface area (Å²) in [7, 11) is 2.15. The zero-order valence-electron chi connectivity index (χ0n) is 10.8. The predicted octanol–water partition coefficient (Wildman–Crippen LogP) is 0.456. The number of aliphatic hydroxyl groups excluding tert-OH is 1. The SMILES string of the molecule is CCNC(CO)CCN(C)C1CCOC1C. The van der Waals surface area contributed by atoms with Crippen molar-refractivity contribution in [3.8, 4) is 0 Å². The lowest BCUT2D eigenvalue weighted by Crippen LogP contribution is -2.41. The average Bonchev–Trinajstić information content (AvgIpc) is 2.70. The first-order valence-electron chi connectivity index (χ1n) is 6.35. The van der Waals surface area contributed by atoms with Crippen molar-refractivity contribution < 1.29 is 9.84 Å². The molecule has 0 saturated carbocycles. The molecule has 96 valence electrons. The molecule has 4 nitrogen and oxygen atoms in total. The molecular weight excluding hydrogens is 204 g/mol. The molecule has 0 aromatic carbocycles. The average molecular weight is 230 g/mol. The molecule has 1 saturated heterocycles. The zero-order valence-corrected chi connectivity index (χ0v) is 10.8. The van der Waals surface area contributed by atoms with Gasteiger partial charge in [0.2, 0.25) is 0 Å². The quantitative estimate of drug-likeness (QED) is 0.667. The van der Waals surface area contributed by atoms with Crippen LogP contribution in [0, 0.1) is 0 Å². The number of rotatable bonds is 7. The summed E-state index contributed by atoms with van der Waals surface area (Å²) in [6, 6.07) is 0.769. The number of likely N-dealkylation sites (N-methyl/N-ethyl adjacent to an activating group) is 2. The van der Waals surface area contributed by atoms with E-state index in [0.29, 0.717) is 12.1 Å². The predicted molar refractivity (Wildman–Crippen MR) is 65.6 cm³/mol. The third-order valence-electron chi connectivity index (χ3n) is 3.45. The van der Waals surface area contributed by atoms with E-state index in [1.165, 1.54) is 0 Å². The standard InChI is InChI=1S/C12H26N2O2/c1-4-13-11(9-15)5-7-14(3)12-6-8-16-10(12)2/h10-13,15H,4-9H2,1-3H3. The molecule has 3 atom stereocenters. The first-order chi connectivity index (χ1) is 7.69. The van der Waals surface area contributed by atoms with Crippen LogP contribution >= 0.6 is 0 Å². The molecule has 2 N–H and O–H groups in total. The van der Waals surface area contributed by atoms with E-state index in [1.54, 1.807) is 0 Å². The van der Waals surface area contributed by atoms with E-state index >= 15 is 0 Å². The Morgan fingerprint density at radius 1 is 1.56 bits per heavy atom. The van der Waals surface area contributed by atoms with Gasteiger partial charge in [-0.15, -0.1) is 0 Å². The molecule has 3 unspecified atom stereocenters. The fourth-order valence-electron chi connectivity index (χ4n) is 2.37. The summed E-state index contributed by atoms with van der Waals surface area (Å²) in [6.07, 6.45) is 2.46. The molecular formula is C12H26N2O2. The molecule has 0 aromatic rings. The van der Waals surface area contributed by atoms with E-state index in [0.717, 1.165) is 32.5 Å². The summed E-state index contributed by atoms with van der Waals surface area (Å²) < 4.78 is 5.56. The van der Waals surface area contributed by atoms with E-state index in [2.05, 4.69) is 31.1 Å². The molecule has 0 aliphatic carbocycles. The van der Waals surface area contributed by atoms with Crippen LogP contribution < -0.4 is 5.32 Å². The largest absolute Gasteiger partial charge is 0.395 e. The van der Waals surface area contributed by atoms with Gasteiger partial charge in [-0.3, -0.25) is 0 Å². The lowest BCUT2D eigenvalue weighted by molar-refractivity contribution is 0.0812. The van der Waals surface area contributed by atoms with E-state index in [4.69, 9.17) is 4.74 Å². The molecule has 0 spiro atoms. The Hall–Kier alpha value is -0.160. The molecule has 1 aliphatic heterocycles. The van der Waals surface area contributed by atoms with Crippen LogP contribution in [0.3, 0.4) is 0 Å². The van der Waals surface area contributed by atoms with Crippen LogP contribution in [0.25, 0.3) is 0 Å². The Balaban J connectivity index is 2.25. The Labute approximate surface area is 99.0 Å². The lowest BCUT2D eigenvalue weighted by Gasteiger charge is -2.28. The van der Waals surface area contributed by atoms with Crippen molar-refractivity contribution in [3.05, 3.63) is 0 Å². The van der Waals surface area contributed by atoms with Crippen molar-refractivity contribution in [3.63, 3.8) is 0 Å². The summed E-state index contributed by atoms with van der Waals surface area (Å²) in [6.45, 7) is 7.24. The summed E-state index contributed by atoms with van der Waals surface area (Å²) >= 11 is 0. The van der Waals surface area contributed by atoms with Gasteiger partial charge in [0.1, 0.15) is 0 Å². The summed E-state index contributed by atoms with van der Waals surface area (Å²) in [5, 5.41) is 12.5. The van der Waals surface area contributed by atoms with Crippen LogP contribution in [0.1, 0.15) is 26.7 Å². The highest BCUT2D eigenvalue weighted by atomic mass is 16.5. The molecule has 16 heavy (non-hydrogen) atoms. The maximum atomic E-state index is 9.18. The number of ether oxygens (including phenoxy) is 1. The van der Waals surface area contributed by atoms with Gasteiger partial charge in [0.05, 0.1) is 12.7 Å². The number of hydrogen-bond acceptors (Lipinski definition) is 4. The Morgan fingerprint density at radius 2 is 2.31 bits per heavy atom. The Kier molecular flexibility index (Phi) is 6.28. The van der Waals surface area contributed by atoms with Crippen LogP contribution in [0.2, 0.25) is 0 Å². The highest BCUT2D eigenvalue weighted by Gasteiger charge is 2.27. The first-order valence-corrected chi connectivity index (χ1v) is 6.35. The minimum atomic E-state index is 0.221. The second-order valence-electron chi connectivity index (χ2n) is 4.64. The second kappa shape index (κ2) is 7.22. The molecule has 4 heteroatoms. The number of nitrogens with zero attached hydrogens (tertiary/aromatic N) is 1. The molecule has 0 bridgehead atoms. The third kappa shape index (κ3) is 4.01. The van der Waals surface area contributed by atoms with Crippen LogP contribution in [0.15, 0.2) is 0 Å². The van der Waals surface area contributed by atoms with Gasteiger partial charge in [-0.05, 0) is 39.9 Å². The van der Waals surface area contributed by atoms with Crippen molar-refractivity contribution in [1.82, 2.24) is 10.2 Å². The maximum Gasteiger partial charge on any atom is 0.0702 e. The second-order valence-corrected chi connectivity index (χ2v) is 4.64. The molecule has 1 aliphatic rings. The Morgan fingerprint density at radius 3 is 2.81 bits per heavy atom. The van der Waals surface area contributed by atoms with E-state index in [9.17, 15) is 5.11 Å². The normalized spacial score (nSPS) is 27.6. The van der Waals surface area contributed by atoms with Gasteiger partial charge >= 0.3 is 0 Å². The summed E-state index contributed by atoms with van der Waals surface area (Å²) in [5.41, 5.74) is 0.